The Balaban J connectivity index is 2.41. The summed E-state index contributed by atoms with van der Waals surface area (Å²) < 4.78 is 53.3. The van der Waals surface area contributed by atoms with Crippen LogP contribution >= 0.6 is 0 Å². The Labute approximate surface area is 110 Å². The number of rotatable bonds is 3. The summed E-state index contributed by atoms with van der Waals surface area (Å²) in [6.45, 7) is 0. The van der Waals surface area contributed by atoms with E-state index in [0.29, 0.717) is 18.2 Å². The van der Waals surface area contributed by atoms with Gasteiger partial charge in [0.25, 0.3) is 0 Å². The van der Waals surface area contributed by atoms with Crippen molar-refractivity contribution < 1.29 is 27.5 Å². The van der Waals surface area contributed by atoms with Crippen LogP contribution in [0.2, 0.25) is 0 Å². The summed E-state index contributed by atoms with van der Waals surface area (Å²) in [5, 5.41) is 10.8. The van der Waals surface area contributed by atoms with Crippen molar-refractivity contribution in [3.8, 4) is 0 Å². The highest BCUT2D eigenvalue weighted by Crippen LogP contribution is 2.26. The molecule has 0 atom stereocenters. The maximum absolute atomic E-state index is 13.6. The fourth-order valence-corrected chi connectivity index (χ4v) is 1.54. The van der Waals surface area contributed by atoms with Gasteiger partial charge in [0.05, 0.1) is 11.3 Å². The van der Waals surface area contributed by atoms with Crippen molar-refractivity contribution >= 4 is 17.3 Å². The average Bonchev–Trinajstić information content (AvgIpc) is 2.35. The van der Waals surface area contributed by atoms with Gasteiger partial charge in [-0.3, -0.25) is 0 Å². The van der Waals surface area contributed by atoms with Crippen LogP contribution in [0, 0.1) is 23.3 Å². The molecule has 0 unspecified atom stereocenters. The topological polar surface area (TPSA) is 49.3 Å². The Bertz CT molecular complexity index is 665. The van der Waals surface area contributed by atoms with Crippen LogP contribution in [0.5, 0.6) is 0 Å². The van der Waals surface area contributed by atoms with Crippen LogP contribution in [0.1, 0.15) is 10.4 Å². The van der Waals surface area contributed by atoms with Crippen molar-refractivity contribution in [3.63, 3.8) is 0 Å². The Morgan fingerprint density at radius 2 is 1.55 bits per heavy atom. The van der Waals surface area contributed by atoms with Crippen LogP contribution in [0.3, 0.4) is 0 Å². The SMILES string of the molecule is O=C(O)c1cc(F)c(Nc2ccc(F)cc2F)c(F)c1. The summed E-state index contributed by atoms with van der Waals surface area (Å²) in [4.78, 5) is 10.6. The molecule has 0 aliphatic heterocycles. The van der Waals surface area contributed by atoms with Gasteiger partial charge in [0.1, 0.15) is 17.3 Å². The number of carboxylic acids is 1. The molecule has 3 nitrogen and oxygen atoms in total. The van der Waals surface area contributed by atoms with Gasteiger partial charge in [-0.25, -0.2) is 22.4 Å². The first kappa shape index (κ1) is 13.9. The van der Waals surface area contributed by atoms with Gasteiger partial charge in [-0.1, -0.05) is 0 Å². The molecule has 0 aliphatic rings. The quantitative estimate of drug-likeness (QED) is 0.846. The van der Waals surface area contributed by atoms with E-state index < -0.39 is 40.5 Å². The highest BCUT2D eigenvalue weighted by molar-refractivity contribution is 5.88. The number of carbonyl (C=O) groups is 1. The molecule has 0 fully saturated rings. The molecule has 2 aromatic rings. The van der Waals surface area contributed by atoms with E-state index in [9.17, 15) is 22.4 Å². The Morgan fingerprint density at radius 1 is 0.950 bits per heavy atom. The van der Waals surface area contributed by atoms with Gasteiger partial charge in [0.2, 0.25) is 0 Å². The summed E-state index contributed by atoms with van der Waals surface area (Å²) in [7, 11) is 0. The van der Waals surface area contributed by atoms with Gasteiger partial charge in [0, 0.05) is 6.07 Å². The third-order valence-electron chi connectivity index (χ3n) is 2.48. The second-order valence-corrected chi connectivity index (χ2v) is 3.87. The number of nitrogens with one attached hydrogen (secondary N) is 1. The summed E-state index contributed by atoms with van der Waals surface area (Å²) in [5.74, 6) is -5.78. The van der Waals surface area contributed by atoms with Crippen LogP contribution in [0.25, 0.3) is 0 Å². The number of carboxylic acid groups (broad SMARTS) is 1. The highest BCUT2D eigenvalue weighted by Gasteiger charge is 2.16. The van der Waals surface area contributed by atoms with E-state index in [1.165, 1.54) is 0 Å². The van der Waals surface area contributed by atoms with Crippen molar-refractivity contribution in [1.82, 2.24) is 0 Å². The van der Waals surface area contributed by atoms with Gasteiger partial charge >= 0.3 is 5.97 Å². The predicted octanol–water partition coefficient (Wildman–Crippen LogP) is 3.68. The number of aromatic carboxylic acids is 1. The smallest absolute Gasteiger partial charge is 0.335 e. The van der Waals surface area contributed by atoms with E-state index in [1.807, 2.05) is 0 Å². The lowest BCUT2D eigenvalue weighted by molar-refractivity contribution is 0.0696. The van der Waals surface area contributed by atoms with Gasteiger partial charge in [-0.2, -0.15) is 0 Å². The van der Waals surface area contributed by atoms with Crippen molar-refractivity contribution in [3.05, 3.63) is 59.2 Å². The molecule has 104 valence electrons. The fourth-order valence-electron chi connectivity index (χ4n) is 1.54. The third kappa shape index (κ3) is 2.71. The van der Waals surface area contributed by atoms with E-state index >= 15 is 0 Å². The van der Waals surface area contributed by atoms with E-state index in [-0.39, 0.29) is 5.69 Å². The Hall–Kier alpha value is -2.57. The maximum atomic E-state index is 13.6. The number of hydrogen-bond donors (Lipinski definition) is 2. The van der Waals surface area contributed by atoms with Crippen molar-refractivity contribution in [2.45, 2.75) is 0 Å². The molecule has 2 rings (SSSR count). The first-order valence-electron chi connectivity index (χ1n) is 5.33. The minimum atomic E-state index is -1.50. The molecule has 0 bridgehead atoms. The van der Waals surface area contributed by atoms with E-state index in [2.05, 4.69) is 5.32 Å². The zero-order valence-corrected chi connectivity index (χ0v) is 9.75. The lowest BCUT2D eigenvalue weighted by atomic mass is 10.1. The molecule has 0 heterocycles. The Morgan fingerprint density at radius 3 is 2.05 bits per heavy atom. The standard InChI is InChI=1S/C13H7F4NO2/c14-7-1-2-11(8(15)5-7)18-12-9(16)3-6(13(19)20)4-10(12)17/h1-5,18H,(H,19,20). The largest absolute Gasteiger partial charge is 0.478 e. The van der Waals surface area contributed by atoms with Crippen LogP contribution in [0.4, 0.5) is 28.9 Å². The lowest BCUT2D eigenvalue weighted by Gasteiger charge is -2.10. The van der Waals surface area contributed by atoms with Gasteiger partial charge < -0.3 is 10.4 Å². The minimum absolute atomic E-state index is 0.340. The monoisotopic (exact) mass is 285 g/mol. The van der Waals surface area contributed by atoms with Crippen molar-refractivity contribution in [1.29, 1.82) is 0 Å². The normalized spacial score (nSPS) is 10.4. The summed E-state index contributed by atoms with van der Waals surface area (Å²) in [6, 6.07) is 3.61. The van der Waals surface area contributed by atoms with Gasteiger partial charge in [-0.05, 0) is 24.3 Å². The molecule has 2 aromatic carbocycles. The van der Waals surface area contributed by atoms with Crippen molar-refractivity contribution in [2.24, 2.45) is 0 Å². The number of benzene rings is 2. The molecule has 20 heavy (non-hydrogen) atoms. The van der Waals surface area contributed by atoms with Crippen LogP contribution in [0.15, 0.2) is 30.3 Å². The molecular formula is C13H7F4NO2. The molecule has 0 radical (unpaired) electrons. The predicted molar refractivity (Wildman–Crippen MR) is 63.0 cm³/mol. The molecule has 7 heteroatoms. The molecule has 0 saturated carbocycles. The number of halogens is 4. The zero-order chi connectivity index (χ0) is 14.9. The van der Waals surface area contributed by atoms with E-state index in [0.717, 1.165) is 12.1 Å². The van der Waals surface area contributed by atoms with Crippen LogP contribution in [-0.4, -0.2) is 11.1 Å². The number of anilines is 2. The fraction of sp³-hybridized carbons (Fsp3) is 0. The zero-order valence-electron chi connectivity index (χ0n) is 9.75. The maximum Gasteiger partial charge on any atom is 0.335 e. The molecule has 0 aliphatic carbocycles. The van der Waals surface area contributed by atoms with Crippen molar-refractivity contribution in [2.75, 3.05) is 5.32 Å². The summed E-state index contributed by atoms with van der Waals surface area (Å²) >= 11 is 0. The molecule has 0 aromatic heterocycles. The molecular weight excluding hydrogens is 278 g/mol. The van der Waals surface area contributed by atoms with E-state index in [1.54, 1.807) is 0 Å². The van der Waals surface area contributed by atoms with Gasteiger partial charge in [-0.15, -0.1) is 0 Å². The first-order chi connectivity index (χ1) is 9.38. The second kappa shape index (κ2) is 5.20. The van der Waals surface area contributed by atoms with Crippen LogP contribution < -0.4 is 5.32 Å². The summed E-state index contributed by atoms with van der Waals surface area (Å²) in [6.07, 6.45) is 0. The Kier molecular flexibility index (Phi) is 3.60. The van der Waals surface area contributed by atoms with Crippen LogP contribution in [-0.2, 0) is 0 Å². The first-order valence-corrected chi connectivity index (χ1v) is 5.33. The molecule has 2 N–H and O–H groups in total. The summed E-state index contributed by atoms with van der Waals surface area (Å²) in [5.41, 5.74) is -1.64. The van der Waals surface area contributed by atoms with E-state index in [4.69, 9.17) is 5.11 Å². The number of hydrogen-bond acceptors (Lipinski definition) is 2. The third-order valence-corrected chi connectivity index (χ3v) is 2.48. The minimum Gasteiger partial charge on any atom is -0.478 e. The lowest BCUT2D eigenvalue weighted by Crippen LogP contribution is -2.04. The molecule has 0 amide bonds. The second-order valence-electron chi connectivity index (χ2n) is 3.87. The molecule has 0 saturated heterocycles. The average molecular weight is 285 g/mol. The molecule has 0 spiro atoms. The van der Waals surface area contributed by atoms with Gasteiger partial charge in [0.15, 0.2) is 11.6 Å². The highest BCUT2D eigenvalue weighted by atomic mass is 19.1.